The lowest BCUT2D eigenvalue weighted by Gasteiger charge is -2.27. The van der Waals surface area contributed by atoms with Gasteiger partial charge in [-0.05, 0) is 79.8 Å². The number of alkyl halides is 3. The second-order valence-electron chi connectivity index (χ2n) is 11.8. The van der Waals surface area contributed by atoms with E-state index in [1.54, 1.807) is 44.6 Å². The Labute approximate surface area is 274 Å². The highest BCUT2D eigenvalue weighted by Crippen LogP contribution is 2.41. The number of aryl methyl sites for hydroxylation is 1. The van der Waals surface area contributed by atoms with Gasteiger partial charge < -0.3 is 24.3 Å². The molecule has 6 rings (SSSR count). The van der Waals surface area contributed by atoms with Crippen molar-refractivity contribution >= 4 is 33.9 Å². The van der Waals surface area contributed by atoms with Crippen LogP contribution in [0.4, 0.5) is 18.9 Å². The average molecular weight is 655 g/mol. The summed E-state index contributed by atoms with van der Waals surface area (Å²) >= 11 is 0. The Morgan fingerprint density at radius 1 is 1.06 bits per heavy atom. The molecule has 0 spiro atoms. The number of nitrogens with one attached hydrogen (secondary N) is 2. The maximum absolute atomic E-state index is 14.3. The third-order valence-electron chi connectivity index (χ3n) is 8.85. The number of hydrogen-bond donors (Lipinski definition) is 2. The predicted octanol–water partition coefficient (Wildman–Crippen LogP) is 6.66. The first-order chi connectivity index (χ1) is 23.1. The minimum absolute atomic E-state index is 0.0534. The van der Waals surface area contributed by atoms with E-state index in [-0.39, 0.29) is 33.6 Å². The molecule has 2 aromatic carbocycles. The SMILES string of the molecule is COC1CCC(NC/C=C/C(=O)Nc2ccc(C(=O)c3ccc4c(-c5cc6ncn(C)c6cc5C(F)(F)F)cccn34)cc2C#N)CC1. The number of imidazole rings is 1. The van der Waals surface area contributed by atoms with E-state index in [4.69, 9.17) is 4.74 Å². The first-order valence-corrected chi connectivity index (χ1v) is 15.5. The highest BCUT2D eigenvalue weighted by Gasteiger charge is 2.35. The molecule has 0 aliphatic heterocycles. The van der Waals surface area contributed by atoms with Gasteiger partial charge in [0.15, 0.2) is 0 Å². The summed E-state index contributed by atoms with van der Waals surface area (Å²) in [5.74, 6) is -0.856. The molecule has 9 nitrogen and oxygen atoms in total. The lowest BCUT2D eigenvalue weighted by atomic mass is 9.93. The number of carbonyl (C=O) groups excluding carboxylic acids is 2. The molecule has 2 N–H and O–H groups in total. The number of anilines is 1. The smallest absolute Gasteiger partial charge is 0.381 e. The van der Waals surface area contributed by atoms with Gasteiger partial charge in [-0.1, -0.05) is 12.1 Å². The van der Waals surface area contributed by atoms with Crippen molar-refractivity contribution < 1.29 is 27.5 Å². The summed E-state index contributed by atoms with van der Waals surface area (Å²) in [7, 11) is 3.36. The average Bonchev–Trinajstić information content (AvgIpc) is 3.69. The number of nitrogens with zero attached hydrogens (tertiary/aromatic N) is 4. The molecule has 0 unspecified atom stereocenters. The zero-order chi connectivity index (χ0) is 34.0. The van der Waals surface area contributed by atoms with Crippen LogP contribution in [0.5, 0.6) is 0 Å². The second kappa shape index (κ2) is 13.5. The number of nitriles is 1. The number of aromatic nitrogens is 3. The summed E-state index contributed by atoms with van der Waals surface area (Å²) in [4.78, 5) is 30.5. The second-order valence-corrected chi connectivity index (χ2v) is 11.8. The van der Waals surface area contributed by atoms with Crippen LogP contribution in [0.2, 0.25) is 0 Å². The summed E-state index contributed by atoms with van der Waals surface area (Å²) in [5, 5.41) is 15.9. The van der Waals surface area contributed by atoms with Crippen LogP contribution < -0.4 is 10.6 Å². The van der Waals surface area contributed by atoms with E-state index < -0.39 is 23.4 Å². The van der Waals surface area contributed by atoms with Crippen LogP contribution >= 0.6 is 0 Å². The Morgan fingerprint density at radius 2 is 1.85 bits per heavy atom. The molecular weight excluding hydrogens is 621 g/mol. The molecule has 1 amide bonds. The first-order valence-electron chi connectivity index (χ1n) is 15.5. The molecule has 48 heavy (non-hydrogen) atoms. The lowest BCUT2D eigenvalue weighted by molar-refractivity contribution is -0.137. The largest absolute Gasteiger partial charge is 0.417 e. The highest BCUT2D eigenvalue weighted by molar-refractivity contribution is 6.10. The summed E-state index contributed by atoms with van der Waals surface area (Å²) < 4.78 is 51.2. The maximum Gasteiger partial charge on any atom is 0.417 e. The van der Waals surface area contributed by atoms with Crippen LogP contribution in [0.1, 0.15) is 52.9 Å². The fraction of sp³-hybridized carbons (Fsp3) is 0.278. The predicted molar refractivity (Wildman–Crippen MR) is 176 cm³/mol. The number of hydrogen-bond acceptors (Lipinski definition) is 6. The number of amides is 1. The Bertz CT molecular complexity index is 2080. The summed E-state index contributed by atoms with van der Waals surface area (Å²) in [6, 6.07) is 15.6. The third-order valence-corrected chi connectivity index (χ3v) is 8.85. The lowest BCUT2D eigenvalue weighted by Crippen LogP contribution is -2.35. The zero-order valence-corrected chi connectivity index (χ0v) is 26.3. The van der Waals surface area contributed by atoms with E-state index >= 15 is 0 Å². The number of methoxy groups -OCH3 is 1. The number of halogens is 3. The normalized spacial score (nSPS) is 16.8. The molecular formula is C36H33F3N6O3. The molecule has 1 fully saturated rings. The monoisotopic (exact) mass is 654 g/mol. The van der Waals surface area contributed by atoms with Crippen LogP contribution in [0.3, 0.4) is 0 Å². The van der Waals surface area contributed by atoms with Crippen LogP contribution in [0.25, 0.3) is 27.7 Å². The molecule has 0 radical (unpaired) electrons. The Kier molecular flexibility index (Phi) is 9.17. The molecule has 246 valence electrons. The molecule has 3 aromatic heterocycles. The van der Waals surface area contributed by atoms with Gasteiger partial charge >= 0.3 is 6.18 Å². The van der Waals surface area contributed by atoms with Crippen molar-refractivity contribution in [3.8, 4) is 17.2 Å². The van der Waals surface area contributed by atoms with Crippen LogP contribution in [0.15, 0.2) is 79.3 Å². The van der Waals surface area contributed by atoms with Crippen molar-refractivity contribution in [3.63, 3.8) is 0 Å². The summed E-state index contributed by atoms with van der Waals surface area (Å²) in [6.45, 7) is 0.524. The van der Waals surface area contributed by atoms with Gasteiger partial charge in [0, 0.05) is 50.1 Å². The van der Waals surface area contributed by atoms with Crippen LogP contribution in [-0.2, 0) is 22.8 Å². The topological polar surface area (TPSA) is 113 Å². The Balaban J connectivity index is 1.20. The molecule has 0 saturated heterocycles. The van der Waals surface area contributed by atoms with E-state index in [9.17, 15) is 28.0 Å². The summed E-state index contributed by atoms with van der Waals surface area (Å²) in [5.41, 5.74) is 1.31. The van der Waals surface area contributed by atoms with E-state index in [1.165, 1.54) is 51.7 Å². The van der Waals surface area contributed by atoms with Crippen LogP contribution in [-0.4, -0.2) is 51.4 Å². The van der Waals surface area contributed by atoms with Gasteiger partial charge in [-0.25, -0.2) is 4.98 Å². The zero-order valence-electron chi connectivity index (χ0n) is 26.3. The molecule has 1 saturated carbocycles. The molecule has 3 heterocycles. The number of ketones is 1. The van der Waals surface area contributed by atoms with Gasteiger partial charge in [0.25, 0.3) is 0 Å². The standard InChI is InChI=1S/C36H33F3N6O3/c1-44-21-42-30-18-27(28(19-33(30)44)36(37,38)39)26-5-4-16-45-31(26)13-14-32(45)35(47)22-7-12-29(23(17-22)20-40)43-34(46)6-3-15-41-24-8-10-25(48-2)11-9-24/h3-7,12-14,16-19,21,24-25,41H,8-11,15H2,1-2H3,(H,43,46)/b6-3+. The molecule has 1 aliphatic rings. The van der Waals surface area contributed by atoms with Gasteiger partial charge in [-0.15, -0.1) is 0 Å². The van der Waals surface area contributed by atoms with Crippen molar-refractivity contribution in [2.45, 2.75) is 44.0 Å². The number of pyridine rings is 1. The van der Waals surface area contributed by atoms with Crippen molar-refractivity contribution in [1.82, 2.24) is 19.3 Å². The Morgan fingerprint density at radius 3 is 2.58 bits per heavy atom. The van der Waals surface area contributed by atoms with E-state index in [0.717, 1.165) is 31.7 Å². The molecule has 5 aromatic rings. The minimum atomic E-state index is -4.63. The minimum Gasteiger partial charge on any atom is -0.381 e. The third kappa shape index (κ3) is 6.60. The number of rotatable bonds is 9. The summed E-state index contributed by atoms with van der Waals surface area (Å²) in [6.07, 6.45) is 5.88. The highest BCUT2D eigenvalue weighted by atomic mass is 19.4. The van der Waals surface area contributed by atoms with Crippen LogP contribution in [0, 0.1) is 11.3 Å². The van der Waals surface area contributed by atoms with Crippen molar-refractivity contribution in [2.75, 3.05) is 19.0 Å². The van der Waals surface area contributed by atoms with Gasteiger partial charge in [0.05, 0.1) is 51.5 Å². The number of ether oxygens (including phenoxy) is 1. The quantitative estimate of drug-likeness (QED) is 0.136. The molecule has 1 aliphatic carbocycles. The van der Waals surface area contributed by atoms with E-state index in [2.05, 4.69) is 15.6 Å². The number of benzene rings is 2. The fourth-order valence-electron chi connectivity index (χ4n) is 6.30. The van der Waals surface area contributed by atoms with Crippen molar-refractivity contribution in [2.24, 2.45) is 7.05 Å². The molecule has 12 heteroatoms. The first kappa shape index (κ1) is 32.7. The Hall–Kier alpha value is -5.25. The van der Waals surface area contributed by atoms with E-state index in [1.807, 2.05) is 6.07 Å². The van der Waals surface area contributed by atoms with Crippen molar-refractivity contribution in [1.29, 1.82) is 5.26 Å². The van der Waals surface area contributed by atoms with Crippen molar-refractivity contribution in [3.05, 3.63) is 102 Å². The van der Waals surface area contributed by atoms with Gasteiger partial charge in [0.1, 0.15) is 6.07 Å². The van der Waals surface area contributed by atoms with E-state index in [0.29, 0.717) is 35.2 Å². The number of carbonyl (C=O) groups is 2. The van der Waals surface area contributed by atoms with Gasteiger partial charge in [-0.2, -0.15) is 18.4 Å². The fourth-order valence-corrected chi connectivity index (χ4v) is 6.30. The molecule has 0 atom stereocenters. The number of fused-ring (bicyclic) bond motifs is 2. The van der Waals surface area contributed by atoms with Gasteiger partial charge in [0.2, 0.25) is 11.7 Å². The maximum atomic E-state index is 14.3. The van der Waals surface area contributed by atoms with Gasteiger partial charge in [-0.3, -0.25) is 9.59 Å². The molecule has 0 bridgehead atoms.